The van der Waals surface area contributed by atoms with Crippen molar-refractivity contribution >= 4 is 5.69 Å². The number of halogens is 1. The van der Waals surface area contributed by atoms with Gasteiger partial charge in [-0.05, 0) is 19.1 Å². The molecule has 0 bridgehead atoms. The summed E-state index contributed by atoms with van der Waals surface area (Å²) in [5.41, 5.74) is 1.37. The first kappa shape index (κ1) is 11.9. The van der Waals surface area contributed by atoms with Gasteiger partial charge < -0.3 is 24.0 Å². The topological polar surface area (TPSA) is 0 Å². The van der Waals surface area contributed by atoms with E-state index in [1.54, 1.807) is 0 Å². The van der Waals surface area contributed by atoms with Crippen molar-refractivity contribution in [3.05, 3.63) is 30.3 Å². The summed E-state index contributed by atoms with van der Waals surface area (Å²) in [5, 5.41) is 0. The van der Waals surface area contributed by atoms with Crippen LogP contribution in [0.15, 0.2) is 30.3 Å². The van der Waals surface area contributed by atoms with Crippen molar-refractivity contribution in [2.45, 2.75) is 6.92 Å². The first-order chi connectivity index (χ1) is 5.17. The highest BCUT2D eigenvalue weighted by molar-refractivity contribution is 5.40. The summed E-state index contributed by atoms with van der Waals surface area (Å²) in [5.74, 6) is 0. The zero-order valence-electron chi connectivity index (χ0n) is 7.92. The largest absolute Gasteiger partial charge is 1.00 e. The molecule has 0 aliphatic rings. The minimum atomic E-state index is 0. The molecule has 0 unspecified atom stereocenters. The monoisotopic (exact) mass is 277 g/mol. The van der Waals surface area contributed by atoms with Crippen molar-refractivity contribution in [3.63, 3.8) is 0 Å². The predicted octanol–water partition coefficient (Wildman–Crippen LogP) is -0.723. The molecule has 0 fully saturated rings. The normalized spacial score (nSPS) is 10.6. The molecule has 0 saturated heterocycles. The van der Waals surface area contributed by atoms with Gasteiger partial charge in [-0.2, -0.15) is 0 Å². The zero-order valence-corrected chi connectivity index (χ0v) is 10.1. The Hall–Kier alpha value is -0.0900. The minimum Gasteiger partial charge on any atom is -1.00 e. The van der Waals surface area contributed by atoms with Crippen molar-refractivity contribution in [2.24, 2.45) is 0 Å². The third-order valence-corrected chi connectivity index (χ3v) is 2.25. The summed E-state index contributed by atoms with van der Waals surface area (Å²) in [6.07, 6.45) is 0. The van der Waals surface area contributed by atoms with Crippen molar-refractivity contribution in [3.8, 4) is 0 Å². The fraction of sp³-hybridized carbons (Fsp3) is 0.400. The summed E-state index contributed by atoms with van der Waals surface area (Å²) in [7, 11) is 4.44. The van der Waals surface area contributed by atoms with E-state index in [9.17, 15) is 0 Å². The molecular formula is C10H16IN. The van der Waals surface area contributed by atoms with E-state index in [0.29, 0.717) is 0 Å². The van der Waals surface area contributed by atoms with Crippen LogP contribution in [0.4, 0.5) is 5.69 Å². The van der Waals surface area contributed by atoms with Crippen molar-refractivity contribution < 1.29 is 24.0 Å². The summed E-state index contributed by atoms with van der Waals surface area (Å²) in [6.45, 7) is 3.33. The van der Waals surface area contributed by atoms with Crippen LogP contribution in [-0.2, 0) is 0 Å². The molecule has 0 aromatic heterocycles. The summed E-state index contributed by atoms with van der Waals surface area (Å²) < 4.78 is 0.959. The summed E-state index contributed by atoms with van der Waals surface area (Å²) in [4.78, 5) is 0. The van der Waals surface area contributed by atoms with Crippen LogP contribution in [0.3, 0.4) is 0 Å². The van der Waals surface area contributed by atoms with Crippen LogP contribution >= 0.6 is 0 Å². The van der Waals surface area contributed by atoms with Gasteiger partial charge in [0.2, 0.25) is 0 Å². The molecule has 1 rings (SSSR count). The zero-order chi connectivity index (χ0) is 8.32. The molecule has 0 heterocycles. The maximum Gasteiger partial charge on any atom is 0.132 e. The lowest BCUT2D eigenvalue weighted by atomic mass is 10.2. The van der Waals surface area contributed by atoms with E-state index in [-0.39, 0.29) is 24.0 Å². The molecule has 0 N–H and O–H groups in total. The van der Waals surface area contributed by atoms with Gasteiger partial charge in [0.15, 0.2) is 0 Å². The highest BCUT2D eigenvalue weighted by atomic mass is 127. The second kappa shape index (κ2) is 4.82. The number of para-hydroxylation sites is 1. The van der Waals surface area contributed by atoms with Gasteiger partial charge >= 0.3 is 0 Å². The Morgan fingerprint density at radius 3 is 2.00 bits per heavy atom. The Labute approximate surface area is 92.0 Å². The van der Waals surface area contributed by atoms with Gasteiger partial charge in [0, 0.05) is 0 Å². The third-order valence-electron chi connectivity index (χ3n) is 2.25. The van der Waals surface area contributed by atoms with E-state index in [1.165, 1.54) is 5.69 Å². The standard InChI is InChI=1S/C10H16N.HI/c1-4-11(2,3)10-8-6-5-7-9-10;/h5-9H,4H2,1-3H3;1H/q+1;/p-1. The van der Waals surface area contributed by atoms with Crippen molar-refractivity contribution in [1.82, 2.24) is 4.48 Å². The second-order valence-electron chi connectivity index (χ2n) is 3.34. The van der Waals surface area contributed by atoms with Crippen LogP contribution in [0.2, 0.25) is 0 Å². The van der Waals surface area contributed by atoms with E-state index >= 15 is 0 Å². The number of hydrogen-bond donors (Lipinski definition) is 0. The van der Waals surface area contributed by atoms with Gasteiger partial charge in [-0.1, -0.05) is 18.2 Å². The van der Waals surface area contributed by atoms with Gasteiger partial charge in [0.1, 0.15) is 5.69 Å². The number of benzene rings is 1. The summed E-state index contributed by atoms with van der Waals surface area (Å²) >= 11 is 0. The molecule has 0 aliphatic heterocycles. The maximum atomic E-state index is 2.22. The van der Waals surface area contributed by atoms with Gasteiger partial charge in [-0.3, -0.25) is 4.48 Å². The number of quaternary nitrogens is 1. The van der Waals surface area contributed by atoms with Crippen molar-refractivity contribution in [2.75, 3.05) is 20.6 Å². The number of hydrogen-bond acceptors (Lipinski definition) is 0. The minimum absolute atomic E-state index is 0. The molecule has 0 saturated carbocycles. The molecule has 1 aromatic carbocycles. The molecule has 0 spiro atoms. The average molecular weight is 277 g/mol. The van der Waals surface area contributed by atoms with E-state index < -0.39 is 0 Å². The Kier molecular flexibility index (Phi) is 4.78. The molecule has 1 nitrogen and oxygen atoms in total. The second-order valence-corrected chi connectivity index (χ2v) is 3.34. The van der Waals surface area contributed by atoms with Crippen molar-refractivity contribution in [1.29, 1.82) is 0 Å². The Balaban J connectivity index is 0.00000121. The first-order valence-corrected chi connectivity index (χ1v) is 4.05. The Bertz CT molecular complexity index is 219. The number of rotatable bonds is 2. The molecule has 0 amide bonds. The van der Waals surface area contributed by atoms with E-state index in [2.05, 4.69) is 51.4 Å². The Morgan fingerprint density at radius 2 is 1.58 bits per heavy atom. The molecule has 1 aromatic rings. The van der Waals surface area contributed by atoms with Gasteiger partial charge in [-0.15, -0.1) is 0 Å². The predicted molar refractivity (Wildman–Crippen MR) is 50.6 cm³/mol. The maximum absolute atomic E-state index is 2.22. The molecule has 0 aliphatic carbocycles. The summed E-state index contributed by atoms with van der Waals surface area (Å²) in [6, 6.07) is 10.6. The Morgan fingerprint density at radius 1 is 1.08 bits per heavy atom. The lowest BCUT2D eigenvalue weighted by Crippen LogP contribution is -3.00. The first-order valence-electron chi connectivity index (χ1n) is 4.05. The highest BCUT2D eigenvalue weighted by Gasteiger charge is 2.13. The van der Waals surface area contributed by atoms with Crippen LogP contribution in [0.5, 0.6) is 0 Å². The lowest BCUT2D eigenvalue weighted by molar-refractivity contribution is -0.00000248. The van der Waals surface area contributed by atoms with Gasteiger partial charge in [0.05, 0.1) is 20.6 Å². The molecule has 12 heavy (non-hydrogen) atoms. The SMILES string of the molecule is CC[N+](C)(C)c1ccccc1.[I-]. The lowest BCUT2D eigenvalue weighted by Gasteiger charge is -2.27. The number of nitrogens with zero attached hydrogens (tertiary/aromatic N) is 1. The highest BCUT2D eigenvalue weighted by Crippen LogP contribution is 2.16. The third kappa shape index (κ3) is 2.75. The van der Waals surface area contributed by atoms with Crippen LogP contribution in [0.25, 0.3) is 0 Å². The van der Waals surface area contributed by atoms with E-state index in [1.807, 2.05) is 0 Å². The van der Waals surface area contributed by atoms with Gasteiger partial charge in [-0.25, -0.2) is 0 Å². The molecular weight excluding hydrogens is 261 g/mol. The fourth-order valence-electron chi connectivity index (χ4n) is 1.01. The quantitative estimate of drug-likeness (QED) is 0.494. The van der Waals surface area contributed by atoms with E-state index in [0.717, 1.165) is 11.0 Å². The molecule has 0 atom stereocenters. The van der Waals surface area contributed by atoms with Crippen LogP contribution in [-0.4, -0.2) is 20.6 Å². The molecule has 68 valence electrons. The van der Waals surface area contributed by atoms with Crippen LogP contribution in [0, 0.1) is 0 Å². The fourth-order valence-corrected chi connectivity index (χ4v) is 1.01. The molecule has 0 radical (unpaired) electrons. The van der Waals surface area contributed by atoms with Crippen LogP contribution in [0.1, 0.15) is 6.92 Å². The molecule has 2 heteroatoms. The van der Waals surface area contributed by atoms with Gasteiger partial charge in [0.25, 0.3) is 0 Å². The van der Waals surface area contributed by atoms with E-state index in [4.69, 9.17) is 0 Å². The smallest absolute Gasteiger partial charge is 0.132 e. The van der Waals surface area contributed by atoms with Crippen LogP contribution < -0.4 is 28.5 Å². The average Bonchev–Trinajstić information content (AvgIpc) is 2.06.